The Bertz CT molecular complexity index is 323. The number of hydrogen-bond donors (Lipinski definition) is 1. The third-order valence-corrected chi connectivity index (χ3v) is 3.97. The van der Waals surface area contributed by atoms with Crippen LogP contribution in [-0.2, 0) is 0 Å². The first-order valence-electron chi connectivity index (χ1n) is 9.48. The average Bonchev–Trinajstić information content (AvgIpc) is 2.54. The van der Waals surface area contributed by atoms with E-state index in [0.29, 0.717) is 0 Å². The first kappa shape index (κ1) is 21.1. The normalized spacial score (nSPS) is 9.73. The minimum Gasteiger partial charge on any atom is -0.384 e. The van der Waals surface area contributed by atoms with Gasteiger partial charge in [-0.2, -0.15) is 0 Å². The van der Waals surface area contributed by atoms with Crippen LogP contribution in [-0.4, -0.2) is 11.7 Å². The molecule has 0 aromatic carbocycles. The number of aliphatic hydroxyl groups is 1. The molecule has 0 atom stereocenters. The van der Waals surface area contributed by atoms with Gasteiger partial charge in [0.2, 0.25) is 0 Å². The molecule has 0 bridgehead atoms. The Morgan fingerprint density at radius 1 is 0.545 bits per heavy atom. The lowest BCUT2D eigenvalue weighted by Gasteiger charge is -2.02. The van der Waals surface area contributed by atoms with Crippen molar-refractivity contribution in [1.29, 1.82) is 0 Å². The van der Waals surface area contributed by atoms with Crippen LogP contribution < -0.4 is 0 Å². The Balaban J connectivity index is 3.06. The lowest BCUT2D eigenvalue weighted by Crippen LogP contribution is -1.83. The predicted octanol–water partition coefficient (Wildman–Crippen LogP) is 5.86. The van der Waals surface area contributed by atoms with Gasteiger partial charge in [-0.25, -0.2) is 0 Å². The van der Waals surface area contributed by atoms with Gasteiger partial charge in [-0.1, -0.05) is 102 Å². The summed E-state index contributed by atoms with van der Waals surface area (Å²) in [6, 6.07) is 0. The van der Waals surface area contributed by atoms with Crippen molar-refractivity contribution < 1.29 is 5.11 Å². The summed E-state index contributed by atoms with van der Waals surface area (Å²) in [5.74, 6) is 10.9. The largest absolute Gasteiger partial charge is 0.384 e. The van der Waals surface area contributed by atoms with E-state index < -0.39 is 0 Å². The topological polar surface area (TPSA) is 20.2 Å². The molecule has 1 N–H and O–H groups in total. The summed E-state index contributed by atoms with van der Waals surface area (Å²) in [5, 5.41) is 8.46. The molecular formula is C21H36O. The zero-order chi connectivity index (χ0) is 16.1. The number of aliphatic hydroxyl groups excluding tert-OH is 1. The van der Waals surface area contributed by atoms with E-state index in [1.165, 1.54) is 89.9 Å². The van der Waals surface area contributed by atoms with Crippen molar-refractivity contribution in [2.24, 2.45) is 0 Å². The standard InChI is InChI=1S/C21H36O/c1-2-3-4-5-6-7-8-9-10-11-12-13-14-15-16-17-18-19-20-21-22/h22H,2-16,21H2,1H3. The van der Waals surface area contributed by atoms with Gasteiger partial charge in [0.1, 0.15) is 6.61 Å². The molecule has 0 amide bonds. The highest BCUT2D eigenvalue weighted by Gasteiger charge is 1.93. The molecule has 0 radical (unpaired) electrons. The van der Waals surface area contributed by atoms with Gasteiger partial charge in [-0.15, -0.1) is 0 Å². The summed E-state index contributed by atoms with van der Waals surface area (Å²) < 4.78 is 0. The van der Waals surface area contributed by atoms with E-state index in [1.807, 2.05) is 0 Å². The van der Waals surface area contributed by atoms with Crippen molar-refractivity contribution in [1.82, 2.24) is 0 Å². The monoisotopic (exact) mass is 304 g/mol. The Labute approximate surface area is 139 Å². The van der Waals surface area contributed by atoms with E-state index in [0.717, 1.165) is 6.42 Å². The first-order chi connectivity index (χ1) is 10.9. The van der Waals surface area contributed by atoms with Gasteiger partial charge < -0.3 is 5.11 Å². The zero-order valence-corrected chi connectivity index (χ0v) is 14.8. The molecule has 126 valence electrons. The molecule has 0 spiro atoms. The maximum absolute atomic E-state index is 8.46. The van der Waals surface area contributed by atoms with E-state index in [4.69, 9.17) is 5.11 Å². The molecule has 1 nitrogen and oxygen atoms in total. The van der Waals surface area contributed by atoms with Gasteiger partial charge in [0.25, 0.3) is 0 Å². The Hall–Kier alpha value is -0.920. The molecule has 0 saturated carbocycles. The maximum atomic E-state index is 8.46. The highest BCUT2D eigenvalue weighted by Crippen LogP contribution is 2.13. The fraction of sp³-hybridized carbons (Fsp3) is 0.810. The third kappa shape index (κ3) is 19.1. The van der Waals surface area contributed by atoms with Crippen molar-refractivity contribution >= 4 is 0 Å². The van der Waals surface area contributed by atoms with Crippen LogP contribution in [0.5, 0.6) is 0 Å². The van der Waals surface area contributed by atoms with Gasteiger partial charge in [0.15, 0.2) is 0 Å². The Morgan fingerprint density at radius 3 is 1.41 bits per heavy atom. The summed E-state index contributed by atoms with van der Waals surface area (Å²) in [5.41, 5.74) is 0. The van der Waals surface area contributed by atoms with Crippen molar-refractivity contribution in [2.45, 2.75) is 103 Å². The summed E-state index contributed by atoms with van der Waals surface area (Å²) in [6.45, 7) is 2.19. The van der Waals surface area contributed by atoms with Crippen LogP contribution in [0.2, 0.25) is 0 Å². The SMILES string of the molecule is CCCCCCCCCCCCCCCCC#CC#CCO. The molecule has 0 rings (SSSR count). The van der Waals surface area contributed by atoms with Crippen LogP contribution in [0.3, 0.4) is 0 Å². The van der Waals surface area contributed by atoms with E-state index in [1.54, 1.807) is 0 Å². The van der Waals surface area contributed by atoms with Crippen LogP contribution in [0.25, 0.3) is 0 Å². The van der Waals surface area contributed by atoms with Gasteiger partial charge in [0, 0.05) is 6.42 Å². The molecule has 1 heteroatoms. The summed E-state index contributed by atoms with van der Waals surface area (Å²) in [6.07, 6.45) is 20.4. The molecule has 0 heterocycles. The van der Waals surface area contributed by atoms with E-state index in [9.17, 15) is 0 Å². The molecule has 0 aliphatic rings. The zero-order valence-electron chi connectivity index (χ0n) is 14.8. The van der Waals surface area contributed by atoms with Crippen LogP contribution in [0.15, 0.2) is 0 Å². The van der Waals surface area contributed by atoms with E-state index >= 15 is 0 Å². The Morgan fingerprint density at radius 2 is 0.955 bits per heavy atom. The maximum Gasteiger partial charge on any atom is 0.105 e. The molecule has 0 aromatic rings. The second-order valence-electron chi connectivity index (χ2n) is 6.11. The van der Waals surface area contributed by atoms with Crippen molar-refractivity contribution in [3.63, 3.8) is 0 Å². The van der Waals surface area contributed by atoms with Crippen molar-refractivity contribution in [3.05, 3.63) is 0 Å². The quantitative estimate of drug-likeness (QED) is 0.315. The third-order valence-electron chi connectivity index (χ3n) is 3.97. The molecule has 0 aliphatic carbocycles. The van der Waals surface area contributed by atoms with Crippen LogP contribution >= 0.6 is 0 Å². The Kier molecular flexibility index (Phi) is 19.2. The molecule has 0 saturated heterocycles. The van der Waals surface area contributed by atoms with Crippen LogP contribution in [0.1, 0.15) is 103 Å². The van der Waals surface area contributed by atoms with Crippen molar-refractivity contribution in [3.8, 4) is 23.7 Å². The fourth-order valence-electron chi connectivity index (χ4n) is 2.60. The summed E-state index contributed by atoms with van der Waals surface area (Å²) >= 11 is 0. The predicted molar refractivity (Wildman–Crippen MR) is 97.6 cm³/mol. The lowest BCUT2D eigenvalue weighted by atomic mass is 10.0. The van der Waals surface area contributed by atoms with Gasteiger partial charge in [-0.3, -0.25) is 0 Å². The molecule has 0 aromatic heterocycles. The summed E-state index contributed by atoms with van der Waals surface area (Å²) in [7, 11) is 0. The minimum absolute atomic E-state index is 0.0897. The minimum atomic E-state index is -0.0897. The number of hydrogen-bond acceptors (Lipinski definition) is 1. The highest BCUT2D eigenvalue weighted by molar-refractivity contribution is 5.25. The van der Waals surface area contributed by atoms with Gasteiger partial charge in [-0.05, 0) is 18.3 Å². The molecule has 22 heavy (non-hydrogen) atoms. The molecule has 0 unspecified atom stereocenters. The second-order valence-corrected chi connectivity index (χ2v) is 6.11. The molecule has 0 aliphatic heterocycles. The first-order valence-corrected chi connectivity index (χ1v) is 9.48. The van der Waals surface area contributed by atoms with E-state index in [-0.39, 0.29) is 6.61 Å². The average molecular weight is 305 g/mol. The second kappa shape index (κ2) is 20.1. The van der Waals surface area contributed by atoms with Gasteiger partial charge >= 0.3 is 0 Å². The van der Waals surface area contributed by atoms with E-state index in [2.05, 4.69) is 30.6 Å². The molecule has 0 fully saturated rings. The summed E-state index contributed by atoms with van der Waals surface area (Å²) in [4.78, 5) is 0. The fourth-order valence-corrected chi connectivity index (χ4v) is 2.60. The number of rotatable bonds is 14. The highest BCUT2D eigenvalue weighted by atomic mass is 16.2. The molecular weight excluding hydrogens is 268 g/mol. The van der Waals surface area contributed by atoms with Gasteiger partial charge in [0.05, 0.1) is 0 Å². The lowest BCUT2D eigenvalue weighted by molar-refractivity contribution is 0.350. The smallest absolute Gasteiger partial charge is 0.105 e. The van der Waals surface area contributed by atoms with Crippen LogP contribution in [0, 0.1) is 23.7 Å². The number of unbranched alkanes of at least 4 members (excludes halogenated alkanes) is 14. The van der Waals surface area contributed by atoms with Crippen molar-refractivity contribution in [2.75, 3.05) is 6.61 Å². The van der Waals surface area contributed by atoms with Crippen LogP contribution in [0.4, 0.5) is 0 Å².